The Kier molecular flexibility index (Phi) is 6.68. The molecule has 0 bridgehead atoms. The van der Waals surface area contributed by atoms with Gasteiger partial charge in [-0.15, -0.1) is 0 Å². The summed E-state index contributed by atoms with van der Waals surface area (Å²) in [5.74, 6) is -3.32. The highest BCUT2D eigenvalue weighted by Gasteiger charge is 2.44. The minimum atomic E-state index is -1.98. The molecule has 20 heavy (non-hydrogen) atoms. The van der Waals surface area contributed by atoms with Crippen molar-refractivity contribution in [1.82, 2.24) is 0 Å². The van der Waals surface area contributed by atoms with Crippen molar-refractivity contribution in [3.63, 3.8) is 0 Å². The van der Waals surface area contributed by atoms with Crippen LogP contribution in [0.3, 0.4) is 0 Å². The van der Waals surface area contributed by atoms with Crippen LogP contribution in [-0.2, 0) is 23.9 Å². The lowest BCUT2D eigenvalue weighted by atomic mass is 9.80. The second kappa shape index (κ2) is 7.26. The molecule has 6 heteroatoms. The van der Waals surface area contributed by atoms with E-state index in [-0.39, 0.29) is 13.0 Å². The van der Waals surface area contributed by atoms with Gasteiger partial charge in [-0.25, -0.2) is 0 Å². The summed E-state index contributed by atoms with van der Waals surface area (Å²) in [6.07, 6.45) is -0.220. The normalized spacial score (nSPS) is 14.2. The number of carbonyl (C=O) groups is 3. The van der Waals surface area contributed by atoms with Crippen molar-refractivity contribution in [3.05, 3.63) is 0 Å². The second-order valence-corrected chi connectivity index (χ2v) is 5.60. The van der Waals surface area contributed by atoms with E-state index in [0.29, 0.717) is 6.42 Å². The molecule has 1 unspecified atom stereocenters. The van der Waals surface area contributed by atoms with Crippen LogP contribution in [0.25, 0.3) is 0 Å². The fourth-order valence-electron chi connectivity index (χ4n) is 1.84. The van der Waals surface area contributed by atoms with Crippen molar-refractivity contribution < 1.29 is 29.0 Å². The minimum Gasteiger partial charge on any atom is -0.549 e. The summed E-state index contributed by atoms with van der Waals surface area (Å²) in [6.45, 7) is 8.30. The zero-order valence-corrected chi connectivity index (χ0v) is 12.8. The third-order valence-corrected chi connectivity index (χ3v) is 2.60. The molecule has 0 heterocycles. The van der Waals surface area contributed by atoms with Crippen molar-refractivity contribution in [2.75, 3.05) is 6.61 Å². The molecule has 0 amide bonds. The number of carboxylic acids is 1. The molecule has 1 atom stereocenters. The van der Waals surface area contributed by atoms with Crippen molar-refractivity contribution in [2.45, 2.75) is 59.5 Å². The predicted octanol–water partition coefficient (Wildman–Crippen LogP) is 0.818. The summed E-state index contributed by atoms with van der Waals surface area (Å²) in [5.41, 5.74) is -2.73. The fraction of sp³-hybridized carbons (Fsp3) is 0.786. The summed E-state index contributed by atoms with van der Waals surface area (Å²) in [7, 11) is 0. The Morgan fingerprint density at radius 3 is 2.00 bits per heavy atom. The molecule has 0 aliphatic heterocycles. The fourth-order valence-corrected chi connectivity index (χ4v) is 1.84. The highest BCUT2D eigenvalue weighted by atomic mass is 16.6. The van der Waals surface area contributed by atoms with Gasteiger partial charge in [0.25, 0.3) is 0 Å². The topological polar surface area (TPSA) is 92.7 Å². The third-order valence-electron chi connectivity index (χ3n) is 2.60. The maximum absolute atomic E-state index is 11.9. The zero-order valence-electron chi connectivity index (χ0n) is 12.8. The summed E-state index contributed by atoms with van der Waals surface area (Å²) >= 11 is 0. The Balaban J connectivity index is 5.25. The third kappa shape index (κ3) is 5.19. The maximum atomic E-state index is 11.9. The molecule has 0 aromatic rings. The second-order valence-electron chi connectivity index (χ2n) is 5.60. The van der Waals surface area contributed by atoms with E-state index in [1.165, 1.54) is 0 Å². The molecule has 0 aromatic heterocycles. The lowest BCUT2D eigenvalue weighted by Crippen LogP contribution is -2.50. The summed E-state index contributed by atoms with van der Waals surface area (Å²) in [5, 5.41) is 11.4. The molecule has 0 spiro atoms. The molecule has 0 fully saturated rings. The first-order valence-electron chi connectivity index (χ1n) is 6.69. The molecule has 0 rings (SSSR count). The molecule has 6 nitrogen and oxygen atoms in total. The maximum Gasteiger partial charge on any atom is 0.318 e. The molecule has 0 radical (unpaired) electrons. The first kappa shape index (κ1) is 18.4. The van der Waals surface area contributed by atoms with Gasteiger partial charge in [0.2, 0.25) is 0 Å². The molecule has 116 valence electrons. The van der Waals surface area contributed by atoms with Crippen molar-refractivity contribution in [3.8, 4) is 0 Å². The van der Waals surface area contributed by atoms with E-state index in [1.807, 2.05) is 0 Å². The number of rotatable bonds is 7. The predicted molar refractivity (Wildman–Crippen MR) is 69.4 cm³/mol. The number of hydrogen-bond donors (Lipinski definition) is 0. The summed E-state index contributed by atoms with van der Waals surface area (Å²) in [4.78, 5) is 35.2. The Morgan fingerprint density at radius 2 is 1.65 bits per heavy atom. The quantitative estimate of drug-likeness (QED) is 0.508. The molecule has 0 saturated heterocycles. The number of hydrogen-bond acceptors (Lipinski definition) is 6. The SMILES string of the molecule is CCCC(CC(=O)OC(C)(C)C)(C(=O)[O-])C(=O)OCC. The lowest BCUT2D eigenvalue weighted by Gasteiger charge is -2.32. The average molecular weight is 287 g/mol. The zero-order chi connectivity index (χ0) is 16.0. The molecule has 0 aliphatic rings. The van der Waals surface area contributed by atoms with Gasteiger partial charge in [0, 0.05) is 0 Å². The van der Waals surface area contributed by atoms with E-state index in [4.69, 9.17) is 9.47 Å². The van der Waals surface area contributed by atoms with Gasteiger partial charge in [-0.1, -0.05) is 13.3 Å². The van der Waals surface area contributed by atoms with Crippen molar-refractivity contribution >= 4 is 17.9 Å². The Morgan fingerprint density at radius 1 is 1.10 bits per heavy atom. The van der Waals surface area contributed by atoms with Crippen LogP contribution in [0.4, 0.5) is 0 Å². The Hall–Kier alpha value is -1.59. The number of carbonyl (C=O) groups excluding carboxylic acids is 3. The number of aliphatic carboxylic acids is 1. The van der Waals surface area contributed by atoms with Crippen LogP contribution in [0.15, 0.2) is 0 Å². The molecule has 0 aromatic carbocycles. The van der Waals surface area contributed by atoms with Gasteiger partial charge >= 0.3 is 11.9 Å². The van der Waals surface area contributed by atoms with Crippen LogP contribution < -0.4 is 5.11 Å². The average Bonchev–Trinajstić information content (AvgIpc) is 2.25. The summed E-state index contributed by atoms with van der Waals surface area (Å²) < 4.78 is 9.86. The van der Waals surface area contributed by atoms with E-state index >= 15 is 0 Å². The van der Waals surface area contributed by atoms with E-state index in [0.717, 1.165) is 0 Å². The van der Waals surface area contributed by atoms with E-state index in [9.17, 15) is 19.5 Å². The van der Waals surface area contributed by atoms with Crippen molar-refractivity contribution in [2.24, 2.45) is 5.41 Å². The molecule has 0 aliphatic carbocycles. The van der Waals surface area contributed by atoms with E-state index < -0.39 is 35.3 Å². The van der Waals surface area contributed by atoms with E-state index in [1.54, 1.807) is 34.6 Å². The van der Waals surface area contributed by atoms with Crippen LogP contribution in [0, 0.1) is 5.41 Å². The van der Waals surface area contributed by atoms with Gasteiger partial charge in [-0.05, 0) is 34.1 Å². The monoisotopic (exact) mass is 287 g/mol. The first-order valence-corrected chi connectivity index (χ1v) is 6.69. The minimum absolute atomic E-state index is 0.0336. The van der Waals surface area contributed by atoms with Crippen molar-refractivity contribution in [1.29, 1.82) is 0 Å². The standard InChI is InChI=1S/C14H24O6/c1-6-8-14(11(16)17,12(18)19-7-2)9-10(15)20-13(3,4)5/h6-9H2,1-5H3,(H,16,17)/p-1. The highest BCUT2D eigenvalue weighted by molar-refractivity contribution is 6.01. The van der Waals surface area contributed by atoms with Crippen LogP contribution in [-0.4, -0.2) is 30.1 Å². The van der Waals surface area contributed by atoms with Crippen LogP contribution >= 0.6 is 0 Å². The molecule has 0 saturated carbocycles. The number of carboxylic acid groups (broad SMARTS) is 1. The van der Waals surface area contributed by atoms with Gasteiger partial charge in [0.05, 0.1) is 19.0 Å². The molecule has 0 N–H and O–H groups in total. The molecular formula is C14H23O6-. The van der Waals surface area contributed by atoms with Crippen LogP contribution in [0.2, 0.25) is 0 Å². The van der Waals surface area contributed by atoms with Gasteiger partial charge < -0.3 is 19.4 Å². The Bertz CT molecular complexity index is 368. The van der Waals surface area contributed by atoms with Gasteiger partial charge in [0.1, 0.15) is 11.0 Å². The lowest BCUT2D eigenvalue weighted by molar-refractivity contribution is -0.319. The summed E-state index contributed by atoms with van der Waals surface area (Å²) in [6, 6.07) is 0. The first-order chi connectivity index (χ1) is 9.09. The smallest absolute Gasteiger partial charge is 0.318 e. The van der Waals surface area contributed by atoms with Gasteiger partial charge in [-0.2, -0.15) is 0 Å². The van der Waals surface area contributed by atoms with Gasteiger partial charge in [0.15, 0.2) is 0 Å². The van der Waals surface area contributed by atoms with Gasteiger partial charge in [-0.3, -0.25) is 9.59 Å². The Labute approximate surface area is 119 Å². The molecular weight excluding hydrogens is 264 g/mol. The van der Waals surface area contributed by atoms with Crippen LogP contribution in [0.1, 0.15) is 53.9 Å². The highest BCUT2D eigenvalue weighted by Crippen LogP contribution is 2.31. The van der Waals surface area contributed by atoms with E-state index in [2.05, 4.69) is 0 Å². The largest absolute Gasteiger partial charge is 0.549 e. The van der Waals surface area contributed by atoms with Crippen LogP contribution in [0.5, 0.6) is 0 Å². The number of ether oxygens (including phenoxy) is 2. The number of esters is 2.